The number of halogens is 6. The van der Waals surface area contributed by atoms with Crippen molar-refractivity contribution in [2.24, 2.45) is 0 Å². The molecule has 2 aromatic rings. The summed E-state index contributed by atoms with van der Waals surface area (Å²) >= 11 is 0. The van der Waals surface area contributed by atoms with Gasteiger partial charge < -0.3 is 4.74 Å². The van der Waals surface area contributed by atoms with Crippen LogP contribution >= 0.6 is 0 Å². The summed E-state index contributed by atoms with van der Waals surface area (Å²) in [5.41, 5.74) is -1.03. The van der Waals surface area contributed by atoms with Crippen molar-refractivity contribution < 1.29 is 31.1 Å². The zero-order valence-electron chi connectivity index (χ0n) is 10.9. The smallest absolute Gasteiger partial charge is 0.453 e. The van der Waals surface area contributed by atoms with Crippen molar-refractivity contribution in [3.8, 4) is 5.88 Å². The van der Waals surface area contributed by atoms with Crippen LogP contribution in [0.3, 0.4) is 0 Å². The highest BCUT2D eigenvalue weighted by molar-refractivity contribution is 5.29. The van der Waals surface area contributed by atoms with Gasteiger partial charge in [0.2, 0.25) is 5.88 Å². The first-order valence-electron chi connectivity index (χ1n) is 5.69. The van der Waals surface area contributed by atoms with Gasteiger partial charge >= 0.3 is 12.4 Å². The van der Waals surface area contributed by atoms with Crippen molar-refractivity contribution in [2.45, 2.75) is 18.9 Å². The van der Waals surface area contributed by atoms with E-state index in [-0.39, 0.29) is 18.0 Å². The van der Waals surface area contributed by atoms with Crippen LogP contribution < -0.4 is 4.74 Å². The van der Waals surface area contributed by atoms with Gasteiger partial charge in [-0.15, -0.1) is 5.10 Å². The number of aromatic nitrogens is 4. The second kappa shape index (κ2) is 5.46. The molecule has 0 N–H and O–H groups in total. The molecule has 0 aliphatic heterocycles. The second-order valence-electron chi connectivity index (χ2n) is 4.13. The molecule has 0 saturated carbocycles. The van der Waals surface area contributed by atoms with Crippen LogP contribution in [0.2, 0.25) is 0 Å². The summed E-state index contributed by atoms with van der Waals surface area (Å²) in [7, 11) is 1.11. The molecule has 0 aromatic carbocycles. The van der Waals surface area contributed by atoms with E-state index in [0.717, 1.165) is 24.2 Å². The highest BCUT2D eigenvalue weighted by Gasteiger charge is 2.36. The zero-order chi connectivity index (χ0) is 16.5. The van der Waals surface area contributed by atoms with Crippen LogP contribution in [0.1, 0.15) is 17.1 Å². The fraction of sp³-hybridized carbons (Fsp3) is 0.364. The molecule has 0 bridgehead atoms. The Balaban J connectivity index is 2.28. The molecule has 0 unspecified atom stereocenters. The van der Waals surface area contributed by atoms with Gasteiger partial charge in [0.1, 0.15) is 12.0 Å². The number of hydrogen-bond acceptors (Lipinski definition) is 4. The molecule has 11 heteroatoms. The number of ether oxygens (including phenoxy) is 1. The van der Waals surface area contributed by atoms with Crippen LogP contribution in [-0.2, 0) is 18.9 Å². The van der Waals surface area contributed by atoms with E-state index in [9.17, 15) is 26.3 Å². The van der Waals surface area contributed by atoms with Crippen molar-refractivity contribution in [3.63, 3.8) is 0 Å². The van der Waals surface area contributed by atoms with Gasteiger partial charge in [0.05, 0.1) is 13.7 Å². The van der Waals surface area contributed by atoms with E-state index >= 15 is 0 Å². The normalized spacial score (nSPS) is 12.5. The molecule has 0 saturated heterocycles. The van der Waals surface area contributed by atoms with E-state index in [1.54, 1.807) is 0 Å². The fourth-order valence-corrected chi connectivity index (χ4v) is 1.60. The van der Waals surface area contributed by atoms with E-state index < -0.39 is 23.9 Å². The number of hydrogen-bond donors (Lipinski definition) is 0. The Morgan fingerprint density at radius 3 is 2.27 bits per heavy atom. The van der Waals surface area contributed by atoms with Gasteiger partial charge in [-0.05, 0) is 12.1 Å². The molecule has 0 aliphatic carbocycles. The van der Waals surface area contributed by atoms with E-state index in [2.05, 4.69) is 15.1 Å². The molecule has 0 spiro atoms. The van der Waals surface area contributed by atoms with Gasteiger partial charge in [-0.25, -0.2) is 14.6 Å². The van der Waals surface area contributed by atoms with Crippen molar-refractivity contribution in [1.82, 2.24) is 19.7 Å². The van der Waals surface area contributed by atoms with E-state index in [0.29, 0.717) is 6.07 Å². The minimum absolute atomic E-state index is 0.133. The Morgan fingerprint density at radius 1 is 1.09 bits per heavy atom. The van der Waals surface area contributed by atoms with Crippen LogP contribution in [0, 0.1) is 0 Å². The Labute approximate surface area is 119 Å². The van der Waals surface area contributed by atoms with Gasteiger partial charge in [-0.2, -0.15) is 26.3 Å². The third-order valence-corrected chi connectivity index (χ3v) is 2.55. The minimum atomic E-state index is -4.70. The van der Waals surface area contributed by atoms with Crippen molar-refractivity contribution >= 4 is 0 Å². The summed E-state index contributed by atoms with van der Waals surface area (Å²) < 4.78 is 80.2. The van der Waals surface area contributed by atoms with E-state index in [1.165, 1.54) is 0 Å². The standard InChI is InChI=1S/C11H8F6N4O/c1-22-8-6(2-3-7(19-8)10(12,13)14)4-21-5-18-9(20-21)11(15,16)17/h2-3,5H,4H2,1H3. The lowest BCUT2D eigenvalue weighted by Crippen LogP contribution is -2.12. The minimum Gasteiger partial charge on any atom is -0.481 e. The first-order chi connectivity index (χ1) is 10.1. The number of pyridine rings is 1. The first-order valence-corrected chi connectivity index (χ1v) is 5.69. The lowest BCUT2D eigenvalue weighted by atomic mass is 10.2. The third-order valence-electron chi connectivity index (χ3n) is 2.55. The molecule has 5 nitrogen and oxygen atoms in total. The predicted molar refractivity (Wildman–Crippen MR) is 59.9 cm³/mol. The second-order valence-corrected chi connectivity index (χ2v) is 4.13. The third kappa shape index (κ3) is 3.46. The summed E-state index contributed by atoms with van der Waals surface area (Å²) in [6.45, 7) is -0.266. The monoisotopic (exact) mass is 326 g/mol. The van der Waals surface area contributed by atoms with Crippen LogP contribution in [-0.4, -0.2) is 26.9 Å². The van der Waals surface area contributed by atoms with Gasteiger partial charge in [-0.3, -0.25) is 0 Å². The quantitative estimate of drug-likeness (QED) is 0.814. The Morgan fingerprint density at radius 2 is 1.77 bits per heavy atom. The summed E-state index contributed by atoms with van der Waals surface area (Å²) in [6.07, 6.45) is -8.53. The Kier molecular flexibility index (Phi) is 3.98. The summed E-state index contributed by atoms with van der Waals surface area (Å²) in [5, 5.41) is 3.20. The summed E-state index contributed by atoms with van der Waals surface area (Å²) in [5.74, 6) is -1.69. The number of rotatable bonds is 3. The topological polar surface area (TPSA) is 52.8 Å². The molecule has 2 aromatic heterocycles. The first kappa shape index (κ1) is 16.0. The molecule has 0 atom stereocenters. The van der Waals surface area contributed by atoms with Crippen LogP contribution in [0.5, 0.6) is 5.88 Å². The van der Waals surface area contributed by atoms with Crippen LogP contribution in [0.25, 0.3) is 0 Å². The molecular weight excluding hydrogens is 318 g/mol. The highest BCUT2D eigenvalue weighted by atomic mass is 19.4. The molecule has 0 aliphatic rings. The maximum atomic E-state index is 12.5. The maximum absolute atomic E-state index is 12.5. The highest BCUT2D eigenvalue weighted by Crippen LogP contribution is 2.30. The van der Waals surface area contributed by atoms with Gasteiger partial charge in [-0.1, -0.05) is 0 Å². The lowest BCUT2D eigenvalue weighted by molar-refractivity contribution is -0.145. The number of nitrogens with zero attached hydrogens (tertiary/aromatic N) is 4. The summed E-state index contributed by atoms with van der Waals surface area (Å²) in [4.78, 5) is 6.36. The van der Waals surface area contributed by atoms with E-state index in [4.69, 9.17) is 4.74 Å². The molecular formula is C11H8F6N4O. The SMILES string of the molecule is COc1nc(C(F)(F)F)ccc1Cn1cnc(C(F)(F)F)n1. The molecule has 2 rings (SSSR count). The van der Waals surface area contributed by atoms with Gasteiger partial charge in [0, 0.05) is 5.56 Å². The molecule has 0 fully saturated rings. The Hall–Kier alpha value is -2.33. The van der Waals surface area contributed by atoms with Crippen molar-refractivity contribution in [1.29, 1.82) is 0 Å². The van der Waals surface area contributed by atoms with Crippen molar-refractivity contribution in [3.05, 3.63) is 35.5 Å². The Bertz CT molecular complexity index is 663. The van der Waals surface area contributed by atoms with Gasteiger partial charge in [0.15, 0.2) is 0 Å². The lowest BCUT2D eigenvalue weighted by Gasteiger charge is -2.11. The zero-order valence-corrected chi connectivity index (χ0v) is 10.9. The predicted octanol–water partition coefficient (Wildman–Crippen LogP) is 2.77. The maximum Gasteiger partial charge on any atom is 0.453 e. The van der Waals surface area contributed by atoms with Crippen LogP contribution in [0.4, 0.5) is 26.3 Å². The van der Waals surface area contributed by atoms with Crippen LogP contribution in [0.15, 0.2) is 18.5 Å². The fourth-order valence-electron chi connectivity index (χ4n) is 1.60. The van der Waals surface area contributed by atoms with Gasteiger partial charge in [0.25, 0.3) is 5.82 Å². The molecule has 0 radical (unpaired) electrons. The van der Waals surface area contributed by atoms with E-state index in [1.807, 2.05) is 0 Å². The molecule has 0 amide bonds. The average molecular weight is 326 g/mol. The molecule has 22 heavy (non-hydrogen) atoms. The molecule has 120 valence electrons. The number of methoxy groups -OCH3 is 1. The number of alkyl halides is 6. The average Bonchev–Trinajstić information content (AvgIpc) is 2.86. The summed E-state index contributed by atoms with van der Waals surface area (Å²) in [6, 6.07) is 1.77. The largest absolute Gasteiger partial charge is 0.481 e. The van der Waals surface area contributed by atoms with Crippen molar-refractivity contribution in [2.75, 3.05) is 7.11 Å². The molecule has 2 heterocycles.